The van der Waals surface area contributed by atoms with Crippen LogP contribution in [0.2, 0.25) is 0 Å². The van der Waals surface area contributed by atoms with E-state index in [4.69, 9.17) is 5.73 Å². The lowest BCUT2D eigenvalue weighted by molar-refractivity contribution is 0.401. The smallest absolute Gasteiger partial charge is 0.150 e. The summed E-state index contributed by atoms with van der Waals surface area (Å²) in [6.45, 7) is 0.479. The third kappa shape index (κ3) is 2.25. The molecule has 1 atom stereocenters. The molecule has 1 unspecified atom stereocenters. The molecule has 0 aliphatic carbocycles. The summed E-state index contributed by atoms with van der Waals surface area (Å²) < 4.78 is 14.0. The molecule has 3 heteroatoms. The van der Waals surface area contributed by atoms with E-state index in [0.717, 1.165) is 5.56 Å². The van der Waals surface area contributed by atoms with E-state index in [1.807, 2.05) is 12.1 Å². The average molecular weight is 216 g/mol. The Morgan fingerprint density at radius 3 is 2.12 bits per heavy atom. The Kier molecular flexibility index (Phi) is 3.27. The first kappa shape index (κ1) is 10.8. The molecular formula is C13H13FN2. The molecule has 0 saturated heterocycles. The van der Waals surface area contributed by atoms with Gasteiger partial charge in [0.05, 0.1) is 0 Å². The Morgan fingerprint density at radius 2 is 1.56 bits per heavy atom. The highest BCUT2D eigenvalue weighted by atomic mass is 19.1. The number of hydrogen-bond acceptors (Lipinski definition) is 2. The summed E-state index contributed by atoms with van der Waals surface area (Å²) in [5, 5.41) is 0. The minimum atomic E-state index is -1.10. The maximum atomic E-state index is 14.0. The summed E-state index contributed by atoms with van der Waals surface area (Å²) in [7, 11) is 0. The lowest BCUT2D eigenvalue weighted by atomic mass is 10.0. The molecule has 2 aromatic rings. The van der Waals surface area contributed by atoms with E-state index in [1.54, 1.807) is 36.7 Å². The van der Waals surface area contributed by atoms with Gasteiger partial charge in [0.25, 0.3) is 0 Å². The van der Waals surface area contributed by atoms with E-state index in [9.17, 15) is 4.39 Å². The number of halogens is 1. The van der Waals surface area contributed by atoms with Crippen molar-refractivity contribution in [1.29, 1.82) is 0 Å². The van der Waals surface area contributed by atoms with Crippen molar-refractivity contribution in [1.82, 2.24) is 4.98 Å². The highest BCUT2D eigenvalue weighted by Crippen LogP contribution is 2.25. The second kappa shape index (κ2) is 4.86. The largest absolute Gasteiger partial charge is 0.326 e. The van der Waals surface area contributed by atoms with Gasteiger partial charge in [0.15, 0.2) is 6.17 Å². The maximum Gasteiger partial charge on any atom is 0.150 e. The van der Waals surface area contributed by atoms with Gasteiger partial charge in [-0.25, -0.2) is 4.39 Å². The molecule has 0 aliphatic rings. The number of aromatic nitrogens is 1. The standard InChI is InChI=1S/C13H13FN2/c14-13(12-5-7-16-8-6-12)11-3-1-10(9-15)2-4-11/h1-8,13H,9,15H2. The highest BCUT2D eigenvalue weighted by Gasteiger charge is 2.11. The Balaban J connectivity index is 2.24. The molecule has 1 aromatic carbocycles. The molecule has 0 aliphatic heterocycles. The van der Waals surface area contributed by atoms with Gasteiger partial charge in [0.1, 0.15) is 0 Å². The molecule has 0 saturated carbocycles. The Hall–Kier alpha value is -1.74. The Morgan fingerprint density at radius 1 is 1.00 bits per heavy atom. The summed E-state index contributed by atoms with van der Waals surface area (Å²) in [6.07, 6.45) is 2.08. The van der Waals surface area contributed by atoms with Gasteiger partial charge in [-0.05, 0) is 28.8 Å². The predicted octanol–water partition coefficient (Wildman–Crippen LogP) is 2.60. The molecule has 16 heavy (non-hydrogen) atoms. The molecule has 0 bridgehead atoms. The van der Waals surface area contributed by atoms with Gasteiger partial charge in [0, 0.05) is 18.9 Å². The first-order valence-corrected chi connectivity index (χ1v) is 5.14. The molecule has 82 valence electrons. The molecule has 0 spiro atoms. The predicted molar refractivity (Wildman–Crippen MR) is 61.5 cm³/mol. The van der Waals surface area contributed by atoms with Crippen molar-refractivity contribution in [3.05, 3.63) is 65.5 Å². The molecule has 1 aromatic heterocycles. The Bertz CT molecular complexity index is 439. The van der Waals surface area contributed by atoms with Gasteiger partial charge in [-0.3, -0.25) is 4.98 Å². The molecule has 0 amide bonds. The number of rotatable bonds is 3. The Labute approximate surface area is 93.9 Å². The van der Waals surface area contributed by atoms with Crippen LogP contribution in [-0.2, 0) is 6.54 Å². The van der Waals surface area contributed by atoms with Crippen molar-refractivity contribution >= 4 is 0 Å². The van der Waals surface area contributed by atoms with Gasteiger partial charge in [0.2, 0.25) is 0 Å². The van der Waals surface area contributed by atoms with Gasteiger partial charge in [-0.1, -0.05) is 24.3 Å². The second-order valence-corrected chi connectivity index (χ2v) is 3.59. The summed E-state index contributed by atoms with van der Waals surface area (Å²) in [5.74, 6) is 0. The molecular weight excluding hydrogens is 203 g/mol. The van der Waals surface area contributed by atoms with E-state index >= 15 is 0 Å². The number of hydrogen-bond donors (Lipinski definition) is 1. The lowest BCUT2D eigenvalue weighted by Crippen LogP contribution is -1.98. The van der Waals surface area contributed by atoms with Crippen molar-refractivity contribution < 1.29 is 4.39 Å². The van der Waals surface area contributed by atoms with Crippen molar-refractivity contribution in [2.75, 3.05) is 0 Å². The van der Waals surface area contributed by atoms with Crippen LogP contribution in [0.25, 0.3) is 0 Å². The van der Waals surface area contributed by atoms with Crippen LogP contribution >= 0.6 is 0 Å². The van der Waals surface area contributed by atoms with E-state index in [1.165, 1.54) is 0 Å². The quantitative estimate of drug-likeness (QED) is 0.856. The topological polar surface area (TPSA) is 38.9 Å². The SMILES string of the molecule is NCc1ccc(C(F)c2ccncc2)cc1. The zero-order chi connectivity index (χ0) is 11.4. The van der Waals surface area contributed by atoms with Crippen LogP contribution in [0, 0.1) is 0 Å². The third-order valence-electron chi connectivity index (χ3n) is 2.51. The minimum Gasteiger partial charge on any atom is -0.326 e. The zero-order valence-corrected chi connectivity index (χ0v) is 8.81. The fourth-order valence-corrected chi connectivity index (χ4v) is 1.55. The van der Waals surface area contributed by atoms with Gasteiger partial charge < -0.3 is 5.73 Å². The van der Waals surface area contributed by atoms with Crippen LogP contribution in [0.4, 0.5) is 4.39 Å². The van der Waals surface area contributed by atoms with Crippen LogP contribution in [0.3, 0.4) is 0 Å². The van der Waals surface area contributed by atoms with E-state index in [2.05, 4.69) is 4.98 Å². The van der Waals surface area contributed by atoms with E-state index in [-0.39, 0.29) is 0 Å². The summed E-state index contributed by atoms with van der Waals surface area (Å²) in [6, 6.07) is 10.6. The summed E-state index contributed by atoms with van der Waals surface area (Å²) >= 11 is 0. The van der Waals surface area contributed by atoms with Crippen LogP contribution in [0.5, 0.6) is 0 Å². The number of nitrogens with zero attached hydrogens (tertiary/aromatic N) is 1. The van der Waals surface area contributed by atoms with E-state index < -0.39 is 6.17 Å². The van der Waals surface area contributed by atoms with Crippen molar-refractivity contribution in [2.45, 2.75) is 12.7 Å². The van der Waals surface area contributed by atoms with Crippen molar-refractivity contribution in [3.63, 3.8) is 0 Å². The number of benzene rings is 1. The van der Waals surface area contributed by atoms with Crippen molar-refractivity contribution in [2.24, 2.45) is 5.73 Å². The minimum absolute atomic E-state index is 0.479. The van der Waals surface area contributed by atoms with Crippen LogP contribution < -0.4 is 5.73 Å². The lowest BCUT2D eigenvalue weighted by Gasteiger charge is -2.09. The van der Waals surface area contributed by atoms with Crippen LogP contribution in [0.1, 0.15) is 22.9 Å². The second-order valence-electron chi connectivity index (χ2n) is 3.59. The first-order valence-electron chi connectivity index (χ1n) is 5.14. The van der Waals surface area contributed by atoms with Crippen LogP contribution in [-0.4, -0.2) is 4.98 Å². The van der Waals surface area contributed by atoms with Gasteiger partial charge in [-0.15, -0.1) is 0 Å². The normalized spacial score (nSPS) is 12.4. The summed E-state index contributed by atoms with van der Waals surface area (Å²) in [5.41, 5.74) is 7.75. The number of pyridine rings is 1. The van der Waals surface area contributed by atoms with Gasteiger partial charge in [-0.2, -0.15) is 0 Å². The zero-order valence-electron chi connectivity index (χ0n) is 8.81. The molecule has 2 rings (SSSR count). The monoisotopic (exact) mass is 216 g/mol. The first-order chi connectivity index (χ1) is 7.81. The molecule has 0 fully saturated rings. The highest BCUT2D eigenvalue weighted by molar-refractivity contribution is 5.30. The molecule has 2 N–H and O–H groups in total. The van der Waals surface area contributed by atoms with E-state index in [0.29, 0.717) is 17.7 Å². The number of nitrogens with two attached hydrogens (primary N) is 1. The fourth-order valence-electron chi connectivity index (χ4n) is 1.55. The fraction of sp³-hybridized carbons (Fsp3) is 0.154. The number of alkyl halides is 1. The molecule has 0 radical (unpaired) electrons. The summed E-state index contributed by atoms with van der Waals surface area (Å²) in [4.78, 5) is 3.87. The van der Waals surface area contributed by atoms with Crippen LogP contribution in [0.15, 0.2) is 48.8 Å². The third-order valence-corrected chi connectivity index (χ3v) is 2.51. The maximum absolute atomic E-state index is 14.0. The van der Waals surface area contributed by atoms with Gasteiger partial charge >= 0.3 is 0 Å². The van der Waals surface area contributed by atoms with Crippen molar-refractivity contribution in [3.8, 4) is 0 Å². The molecule has 1 heterocycles. The molecule has 2 nitrogen and oxygen atoms in total. The average Bonchev–Trinajstić information content (AvgIpc) is 2.39.